The second kappa shape index (κ2) is 7.32. The Morgan fingerprint density at radius 2 is 2.00 bits per heavy atom. The second-order valence-electron chi connectivity index (χ2n) is 6.87. The van der Waals surface area contributed by atoms with Gasteiger partial charge in [0.15, 0.2) is 0 Å². The lowest BCUT2D eigenvalue weighted by Crippen LogP contribution is -2.15. The van der Waals surface area contributed by atoms with Gasteiger partial charge in [-0.3, -0.25) is 4.79 Å². The van der Waals surface area contributed by atoms with Crippen molar-refractivity contribution in [3.63, 3.8) is 0 Å². The summed E-state index contributed by atoms with van der Waals surface area (Å²) in [6.45, 7) is 10.1. The number of hydrogen-bond acceptors (Lipinski definition) is 5. The average molecular weight is 347 g/mol. The van der Waals surface area contributed by atoms with E-state index >= 15 is 0 Å². The Hall–Kier alpha value is -1.92. The molecule has 0 saturated carbocycles. The molecule has 1 heterocycles. The van der Waals surface area contributed by atoms with Crippen LogP contribution >= 0.6 is 11.3 Å². The molecule has 2 aromatic rings. The average Bonchev–Trinajstić information content (AvgIpc) is 2.89. The summed E-state index contributed by atoms with van der Waals surface area (Å²) in [5.74, 6) is -0.423. The fourth-order valence-electron chi connectivity index (χ4n) is 2.33. The number of rotatable bonds is 5. The Balaban J connectivity index is 2.15. The maximum absolute atomic E-state index is 11.3. The maximum atomic E-state index is 11.3. The van der Waals surface area contributed by atoms with Crippen molar-refractivity contribution in [1.29, 1.82) is 0 Å². The number of aliphatic hydroxyl groups excluding tert-OH is 1. The molecular formula is C18H25N3O2S. The minimum Gasteiger partial charge on any atom is -0.387 e. The third-order valence-electron chi connectivity index (χ3n) is 3.54. The van der Waals surface area contributed by atoms with Gasteiger partial charge in [0.1, 0.15) is 6.61 Å². The number of aryl methyl sites for hydroxylation is 1. The van der Waals surface area contributed by atoms with Gasteiger partial charge in [0.05, 0.1) is 16.7 Å². The monoisotopic (exact) mass is 347 g/mol. The van der Waals surface area contributed by atoms with Crippen LogP contribution in [0.3, 0.4) is 0 Å². The van der Waals surface area contributed by atoms with Gasteiger partial charge in [0.25, 0.3) is 0 Å². The number of aromatic nitrogens is 1. The van der Waals surface area contributed by atoms with E-state index in [4.69, 9.17) is 10.1 Å². The van der Waals surface area contributed by atoms with Crippen molar-refractivity contribution in [2.75, 3.05) is 17.2 Å². The van der Waals surface area contributed by atoms with Crippen molar-refractivity contribution in [2.24, 2.45) is 0 Å². The Morgan fingerprint density at radius 3 is 2.58 bits per heavy atom. The molecule has 2 rings (SSSR count). The van der Waals surface area contributed by atoms with Gasteiger partial charge in [-0.1, -0.05) is 26.8 Å². The number of carbonyl (C=O) groups is 1. The zero-order valence-electron chi connectivity index (χ0n) is 14.8. The van der Waals surface area contributed by atoms with Crippen molar-refractivity contribution in [3.8, 4) is 0 Å². The zero-order chi connectivity index (χ0) is 17.9. The van der Waals surface area contributed by atoms with Crippen LogP contribution in [0.1, 0.15) is 49.3 Å². The summed E-state index contributed by atoms with van der Waals surface area (Å²) in [7, 11) is 0. The molecule has 130 valence electrons. The number of carbonyl (C=O) groups excluding carboxylic acids is 1. The van der Waals surface area contributed by atoms with E-state index in [0.717, 1.165) is 16.4 Å². The molecule has 0 bridgehead atoms. The van der Waals surface area contributed by atoms with E-state index in [2.05, 4.69) is 38.3 Å². The predicted molar refractivity (Wildman–Crippen MR) is 99.7 cm³/mol. The van der Waals surface area contributed by atoms with Gasteiger partial charge in [-0.05, 0) is 32.0 Å². The molecule has 1 unspecified atom stereocenters. The van der Waals surface area contributed by atoms with E-state index in [0.29, 0.717) is 5.69 Å². The molecule has 0 aliphatic rings. The SMILES string of the molecule is Cc1nc(C(C)(C)C)sc1C(C)Nc1cccc(NC(=O)CO)c1. The van der Waals surface area contributed by atoms with Crippen LogP contribution in [0.5, 0.6) is 0 Å². The van der Waals surface area contributed by atoms with Crippen LogP contribution in [0, 0.1) is 6.92 Å². The fourth-order valence-corrected chi connectivity index (χ4v) is 3.46. The highest BCUT2D eigenvalue weighted by molar-refractivity contribution is 7.12. The molecular weight excluding hydrogens is 322 g/mol. The minimum absolute atomic E-state index is 0.0435. The normalized spacial score (nSPS) is 12.8. The summed E-state index contributed by atoms with van der Waals surface area (Å²) in [4.78, 5) is 17.2. The molecule has 0 spiro atoms. The third-order valence-corrected chi connectivity index (χ3v) is 5.31. The van der Waals surface area contributed by atoms with Crippen LogP contribution < -0.4 is 10.6 Å². The lowest BCUT2D eigenvalue weighted by atomic mass is 9.98. The van der Waals surface area contributed by atoms with Crippen molar-refractivity contribution in [2.45, 2.75) is 46.1 Å². The molecule has 1 aromatic carbocycles. The Morgan fingerprint density at radius 1 is 1.33 bits per heavy atom. The molecule has 1 amide bonds. The summed E-state index contributed by atoms with van der Waals surface area (Å²) in [5.41, 5.74) is 2.66. The number of nitrogens with zero attached hydrogens (tertiary/aromatic N) is 1. The van der Waals surface area contributed by atoms with Crippen LogP contribution in [0.25, 0.3) is 0 Å². The summed E-state index contributed by atoms with van der Waals surface area (Å²) < 4.78 is 0. The highest BCUT2D eigenvalue weighted by atomic mass is 32.1. The number of aliphatic hydroxyl groups is 1. The van der Waals surface area contributed by atoms with E-state index in [1.54, 1.807) is 17.4 Å². The Kier molecular flexibility index (Phi) is 5.62. The predicted octanol–water partition coefficient (Wildman–Crippen LogP) is 3.85. The molecule has 5 nitrogen and oxygen atoms in total. The van der Waals surface area contributed by atoms with Crippen molar-refractivity contribution < 1.29 is 9.90 Å². The van der Waals surface area contributed by atoms with Gasteiger partial charge in [-0.15, -0.1) is 11.3 Å². The summed E-state index contributed by atoms with van der Waals surface area (Å²) >= 11 is 1.74. The van der Waals surface area contributed by atoms with Gasteiger partial charge in [0.2, 0.25) is 5.91 Å². The smallest absolute Gasteiger partial charge is 0.250 e. The number of thiazole rings is 1. The van der Waals surface area contributed by atoms with Gasteiger partial charge >= 0.3 is 0 Å². The van der Waals surface area contributed by atoms with Crippen molar-refractivity contribution in [3.05, 3.63) is 39.8 Å². The summed E-state index contributed by atoms with van der Waals surface area (Å²) in [5, 5.41) is 16.1. The first kappa shape index (κ1) is 18.4. The number of benzene rings is 1. The van der Waals surface area contributed by atoms with Crippen LogP contribution in [0.4, 0.5) is 11.4 Å². The first-order valence-electron chi connectivity index (χ1n) is 7.96. The van der Waals surface area contributed by atoms with Gasteiger partial charge in [-0.2, -0.15) is 0 Å². The molecule has 0 radical (unpaired) electrons. The number of hydrogen-bond donors (Lipinski definition) is 3. The van der Waals surface area contributed by atoms with Gasteiger partial charge in [-0.25, -0.2) is 4.98 Å². The number of nitrogens with one attached hydrogen (secondary N) is 2. The van der Waals surface area contributed by atoms with Gasteiger partial charge < -0.3 is 15.7 Å². The topological polar surface area (TPSA) is 74.2 Å². The zero-order valence-corrected chi connectivity index (χ0v) is 15.6. The van der Waals surface area contributed by atoms with Crippen LogP contribution in [0.2, 0.25) is 0 Å². The molecule has 1 atom stereocenters. The third kappa shape index (κ3) is 4.55. The quantitative estimate of drug-likeness (QED) is 0.768. The van der Waals surface area contributed by atoms with Crippen molar-refractivity contribution >= 4 is 28.6 Å². The van der Waals surface area contributed by atoms with E-state index < -0.39 is 12.5 Å². The highest BCUT2D eigenvalue weighted by Gasteiger charge is 2.22. The lowest BCUT2D eigenvalue weighted by molar-refractivity contribution is -0.118. The lowest BCUT2D eigenvalue weighted by Gasteiger charge is -2.16. The maximum Gasteiger partial charge on any atom is 0.250 e. The molecule has 0 aliphatic carbocycles. The molecule has 1 aromatic heterocycles. The summed E-state index contributed by atoms with van der Waals surface area (Å²) in [6.07, 6.45) is 0. The molecule has 24 heavy (non-hydrogen) atoms. The highest BCUT2D eigenvalue weighted by Crippen LogP contribution is 2.34. The number of amides is 1. The second-order valence-corrected chi connectivity index (χ2v) is 7.90. The first-order chi connectivity index (χ1) is 11.2. The standard InChI is InChI=1S/C18H25N3O2S/c1-11(16-12(2)20-17(24-16)18(3,4)5)19-13-7-6-8-14(9-13)21-15(23)10-22/h6-9,11,19,22H,10H2,1-5H3,(H,21,23). The van der Waals surface area contributed by atoms with Crippen LogP contribution in [-0.2, 0) is 10.2 Å². The molecule has 0 saturated heterocycles. The van der Waals surface area contributed by atoms with E-state index in [-0.39, 0.29) is 11.5 Å². The van der Waals surface area contributed by atoms with Crippen LogP contribution in [0.15, 0.2) is 24.3 Å². The van der Waals surface area contributed by atoms with Gasteiger partial charge in [0, 0.05) is 21.7 Å². The minimum atomic E-state index is -0.524. The summed E-state index contributed by atoms with van der Waals surface area (Å²) in [6, 6.07) is 7.57. The number of anilines is 2. The van der Waals surface area contributed by atoms with Crippen molar-refractivity contribution in [1.82, 2.24) is 4.98 Å². The molecule has 6 heteroatoms. The fraction of sp³-hybridized carbons (Fsp3) is 0.444. The largest absolute Gasteiger partial charge is 0.387 e. The van der Waals surface area contributed by atoms with Crippen LogP contribution in [-0.4, -0.2) is 22.6 Å². The Labute approximate surface area is 147 Å². The van der Waals surface area contributed by atoms with E-state index in [1.807, 2.05) is 25.1 Å². The molecule has 3 N–H and O–H groups in total. The first-order valence-corrected chi connectivity index (χ1v) is 8.77. The van der Waals surface area contributed by atoms with E-state index in [1.165, 1.54) is 4.88 Å². The van der Waals surface area contributed by atoms with E-state index in [9.17, 15) is 4.79 Å². The Bertz CT molecular complexity index is 719. The molecule has 0 fully saturated rings. The molecule has 0 aliphatic heterocycles.